The van der Waals surface area contributed by atoms with Crippen molar-refractivity contribution in [2.24, 2.45) is 0 Å². The molecule has 4 rings (SSSR count). The molecule has 2 fully saturated rings. The molecule has 19 heavy (non-hydrogen) atoms. The normalized spacial score (nSPS) is 19.3. The van der Waals surface area contributed by atoms with Crippen LogP contribution >= 0.6 is 11.5 Å². The fourth-order valence-corrected chi connectivity index (χ4v) is 3.00. The van der Waals surface area contributed by atoms with E-state index in [2.05, 4.69) is 24.6 Å². The molecule has 5 nitrogen and oxygen atoms in total. The lowest BCUT2D eigenvalue weighted by molar-refractivity contribution is 0.544. The Bertz CT molecular complexity index is 559. The standard InChI is InChI=1S/C13H15N5S/c1-2-6-14-11(3-1)18-7-10(8-18)15-13-16-12(17-19-13)9-4-5-9/h1-3,6,9-10H,4-5,7-8H2,(H,15,16,17). The average Bonchev–Trinajstić information content (AvgIpc) is 3.15. The molecule has 0 radical (unpaired) electrons. The van der Waals surface area contributed by atoms with Crippen LogP contribution < -0.4 is 10.2 Å². The minimum atomic E-state index is 0.460. The van der Waals surface area contributed by atoms with Crippen LogP contribution in [0.1, 0.15) is 24.6 Å². The summed E-state index contributed by atoms with van der Waals surface area (Å²) in [5, 5.41) is 4.42. The van der Waals surface area contributed by atoms with Crippen molar-refractivity contribution in [2.75, 3.05) is 23.3 Å². The number of hydrogen-bond acceptors (Lipinski definition) is 6. The molecule has 6 heteroatoms. The van der Waals surface area contributed by atoms with E-state index in [1.165, 1.54) is 24.4 Å². The summed E-state index contributed by atoms with van der Waals surface area (Å²) in [6.45, 7) is 1.96. The van der Waals surface area contributed by atoms with Gasteiger partial charge in [-0.05, 0) is 25.0 Å². The molecule has 0 bridgehead atoms. The van der Waals surface area contributed by atoms with E-state index < -0.39 is 0 Å². The minimum Gasteiger partial charge on any atom is -0.354 e. The monoisotopic (exact) mass is 273 g/mol. The second kappa shape index (κ2) is 4.45. The Hall–Kier alpha value is -1.69. The maximum absolute atomic E-state index is 4.55. The second-order valence-electron chi connectivity index (χ2n) is 5.17. The molecule has 2 aromatic rings. The van der Waals surface area contributed by atoms with Crippen molar-refractivity contribution in [1.82, 2.24) is 14.3 Å². The van der Waals surface area contributed by atoms with E-state index in [4.69, 9.17) is 0 Å². The van der Waals surface area contributed by atoms with Gasteiger partial charge in [-0.3, -0.25) is 0 Å². The second-order valence-corrected chi connectivity index (χ2v) is 5.92. The summed E-state index contributed by atoms with van der Waals surface area (Å²) in [4.78, 5) is 11.2. The lowest BCUT2D eigenvalue weighted by atomic mass is 10.1. The van der Waals surface area contributed by atoms with Gasteiger partial charge in [0.2, 0.25) is 5.13 Å². The molecule has 1 N–H and O–H groups in total. The van der Waals surface area contributed by atoms with E-state index in [9.17, 15) is 0 Å². The highest BCUT2D eigenvalue weighted by atomic mass is 32.1. The van der Waals surface area contributed by atoms with Gasteiger partial charge in [-0.2, -0.15) is 4.37 Å². The Morgan fingerprint density at radius 3 is 2.89 bits per heavy atom. The van der Waals surface area contributed by atoms with E-state index in [0.29, 0.717) is 12.0 Å². The fourth-order valence-electron chi connectivity index (χ4n) is 2.27. The largest absolute Gasteiger partial charge is 0.354 e. The first-order valence-electron chi connectivity index (χ1n) is 6.64. The van der Waals surface area contributed by atoms with Gasteiger partial charge in [0.25, 0.3) is 0 Å². The molecule has 1 saturated carbocycles. The predicted octanol–water partition coefficient (Wildman–Crippen LogP) is 2.11. The van der Waals surface area contributed by atoms with Gasteiger partial charge in [0.1, 0.15) is 11.6 Å². The van der Waals surface area contributed by atoms with E-state index in [-0.39, 0.29) is 0 Å². The van der Waals surface area contributed by atoms with Crippen LogP contribution in [0.5, 0.6) is 0 Å². The average molecular weight is 273 g/mol. The third-order valence-electron chi connectivity index (χ3n) is 3.57. The van der Waals surface area contributed by atoms with Gasteiger partial charge in [-0.25, -0.2) is 9.97 Å². The summed E-state index contributed by atoms with van der Waals surface area (Å²) in [5.74, 6) is 2.73. The Morgan fingerprint density at radius 2 is 2.16 bits per heavy atom. The number of nitrogens with one attached hydrogen (secondary N) is 1. The van der Waals surface area contributed by atoms with Crippen molar-refractivity contribution in [3.63, 3.8) is 0 Å². The third kappa shape index (κ3) is 2.28. The van der Waals surface area contributed by atoms with Gasteiger partial charge in [0.05, 0.1) is 6.04 Å². The van der Waals surface area contributed by atoms with Crippen LogP contribution in [0, 0.1) is 0 Å². The van der Waals surface area contributed by atoms with Gasteiger partial charge in [-0.15, -0.1) is 0 Å². The number of aromatic nitrogens is 3. The first-order valence-corrected chi connectivity index (χ1v) is 7.42. The maximum Gasteiger partial charge on any atom is 0.202 e. The molecule has 1 aliphatic carbocycles. The molecule has 0 aromatic carbocycles. The Labute approximate surface area is 115 Å². The number of anilines is 2. The van der Waals surface area contributed by atoms with Crippen molar-refractivity contribution < 1.29 is 0 Å². The Balaban J connectivity index is 1.33. The van der Waals surface area contributed by atoms with Crippen LogP contribution in [0.25, 0.3) is 0 Å². The lowest BCUT2D eigenvalue weighted by Crippen LogP contribution is -2.55. The molecule has 2 aliphatic rings. The number of pyridine rings is 1. The molecule has 0 atom stereocenters. The SMILES string of the molecule is c1ccc(N2CC(Nc3nc(C4CC4)ns3)C2)nc1. The van der Waals surface area contributed by atoms with Gasteiger partial charge in [0.15, 0.2) is 0 Å². The van der Waals surface area contributed by atoms with Gasteiger partial charge in [0, 0.05) is 36.7 Å². The smallest absolute Gasteiger partial charge is 0.202 e. The highest BCUT2D eigenvalue weighted by Crippen LogP contribution is 2.39. The number of nitrogens with zero attached hydrogens (tertiary/aromatic N) is 4. The Kier molecular flexibility index (Phi) is 2.61. The molecule has 3 heterocycles. The lowest BCUT2D eigenvalue weighted by Gasteiger charge is -2.40. The zero-order chi connectivity index (χ0) is 12.7. The van der Waals surface area contributed by atoms with Crippen LogP contribution in [0.4, 0.5) is 10.9 Å². The molecular formula is C13H15N5S. The predicted molar refractivity (Wildman–Crippen MR) is 75.7 cm³/mol. The van der Waals surface area contributed by atoms with Crippen molar-refractivity contribution in [1.29, 1.82) is 0 Å². The highest BCUT2D eigenvalue weighted by Gasteiger charge is 2.30. The van der Waals surface area contributed by atoms with Crippen molar-refractivity contribution >= 4 is 22.5 Å². The Morgan fingerprint density at radius 1 is 1.26 bits per heavy atom. The minimum absolute atomic E-state index is 0.460. The van der Waals surface area contributed by atoms with Crippen molar-refractivity contribution in [3.05, 3.63) is 30.2 Å². The first kappa shape index (κ1) is 11.2. The van der Waals surface area contributed by atoms with Crippen LogP contribution in [-0.4, -0.2) is 33.5 Å². The number of rotatable bonds is 4. The molecule has 0 unspecified atom stereocenters. The molecule has 1 aliphatic heterocycles. The zero-order valence-corrected chi connectivity index (χ0v) is 11.3. The first-order chi connectivity index (χ1) is 9.38. The van der Waals surface area contributed by atoms with Crippen LogP contribution in [-0.2, 0) is 0 Å². The summed E-state index contributed by atoms with van der Waals surface area (Å²) < 4.78 is 4.41. The summed E-state index contributed by atoms with van der Waals surface area (Å²) in [6, 6.07) is 6.48. The van der Waals surface area contributed by atoms with Crippen LogP contribution in [0.15, 0.2) is 24.4 Å². The van der Waals surface area contributed by atoms with Crippen LogP contribution in [0.2, 0.25) is 0 Å². The maximum atomic E-state index is 4.55. The van der Waals surface area contributed by atoms with E-state index in [1.807, 2.05) is 24.4 Å². The third-order valence-corrected chi connectivity index (χ3v) is 4.23. The molecule has 0 amide bonds. The highest BCUT2D eigenvalue weighted by molar-refractivity contribution is 7.09. The van der Waals surface area contributed by atoms with E-state index in [1.54, 1.807) is 0 Å². The van der Waals surface area contributed by atoms with Gasteiger partial charge in [-0.1, -0.05) is 6.07 Å². The molecule has 1 saturated heterocycles. The zero-order valence-electron chi connectivity index (χ0n) is 10.5. The summed E-state index contributed by atoms with van der Waals surface area (Å²) in [5.41, 5.74) is 0. The van der Waals surface area contributed by atoms with E-state index >= 15 is 0 Å². The molecule has 2 aromatic heterocycles. The van der Waals surface area contributed by atoms with Gasteiger partial charge < -0.3 is 10.2 Å². The number of hydrogen-bond donors (Lipinski definition) is 1. The fraction of sp³-hybridized carbons (Fsp3) is 0.462. The quantitative estimate of drug-likeness (QED) is 0.924. The van der Waals surface area contributed by atoms with Gasteiger partial charge >= 0.3 is 0 Å². The molecular weight excluding hydrogens is 258 g/mol. The molecule has 98 valence electrons. The van der Waals surface area contributed by atoms with Crippen LogP contribution in [0.3, 0.4) is 0 Å². The van der Waals surface area contributed by atoms with Crippen molar-refractivity contribution in [2.45, 2.75) is 24.8 Å². The summed E-state index contributed by atoms with van der Waals surface area (Å²) >= 11 is 1.49. The summed E-state index contributed by atoms with van der Waals surface area (Å²) in [6.07, 6.45) is 4.35. The van der Waals surface area contributed by atoms with E-state index in [0.717, 1.165) is 29.9 Å². The molecule has 0 spiro atoms. The van der Waals surface area contributed by atoms with Crippen molar-refractivity contribution in [3.8, 4) is 0 Å². The summed E-state index contributed by atoms with van der Waals surface area (Å²) in [7, 11) is 0. The topological polar surface area (TPSA) is 53.9 Å².